The summed E-state index contributed by atoms with van der Waals surface area (Å²) >= 11 is 0. The number of rotatable bonds is 4. The molecular weight excluding hydrogens is 280 g/mol. The molecule has 22 heavy (non-hydrogen) atoms. The zero-order valence-electron chi connectivity index (χ0n) is 14.4. The molecule has 1 aromatic rings. The van der Waals surface area contributed by atoms with E-state index in [4.69, 9.17) is 9.15 Å². The van der Waals surface area contributed by atoms with Gasteiger partial charge in [0, 0.05) is 44.1 Å². The van der Waals surface area contributed by atoms with Gasteiger partial charge in [0.25, 0.3) is 0 Å². The van der Waals surface area contributed by atoms with Crippen LogP contribution in [-0.2, 0) is 21.5 Å². The first-order chi connectivity index (χ1) is 10.3. The lowest BCUT2D eigenvalue weighted by atomic mass is 9.93. The standard InChI is InChI=1S/C17H28N2O3/c1-12-14(8-16(22-12)17(3,4)5)10-19-6-7-21-15(11-19)9-18-13(2)20/h8,15H,6-7,9-11H2,1-5H3,(H,18,20). The Bertz CT molecular complexity index is 516. The number of aryl methyl sites for hydroxylation is 1. The van der Waals surface area contributed by atoms with Crippen LogP contribution in [0.25, 0.3) is 0 Å². The number of hydrogen-bond acceptors (Lipinski definition) is 4. The maximum absolute atomic E-state index is 11.0. The van der Waals surface area contributed by atoms with Crippen LogP contribution in [-0.4, -0.2) is 43.2 Å². The molecule has 0 aliphatic carbocycles. The van der Waals surface area contributed by atoms with Crippen LogP contribution < -0.4 is 5.32 Å². The highest BCUT2D eigenvalue weighted by Gasteiger charge is 2.24. The maximum Gasteiger partial charge on any atom is 0.216 e. The lowest BCUT2D eigenvalue weighted by molar-refractivity contribution is -0.120. The van der Waals surface area contributed by atoms with E-state index in [1.54, 1.807) is 0 Å². The van der Waals surface area contributed by atoms with Gasteiger partial charge in [-0.25, -0.2) is 0 Å². The number of ether oxygens (including phenoxy) is 1. The molecule has 1 saturated heterocycles. The van der Waals surface area contributed by atoms with Crippen molar-refractivity contribution in [2.24, 2.45) is 0 Å². The number of hydrogen-bond donors (Lipinski definition) is 1. The minimum atomic E-state index is -0.0128. The van der Waals surface area contributed by atoms with E-state index in [0.717, 1.165) is 31.2 Å². The van der Waals surface area contributed by atoms with Crippen molar-refractivity contribution >= 4 is 5.91 Å². The fourth-order valence-corrected chi connectivity index (χ4v) is 2.59. The number of nitrogens with one attached hydrogen (secondary N) is 1. The smallest absolute Gasteiger partial charge is 0.216 e. The molecule has 1 fully saturated rings. The van der Waals surface area contributed by atoms with Gasteiger partial charge < -0.3 is 14.5 Å². The summed E-state index contributed by atoms with van der Waals surface area (Å²) in [6, 6.07) is 2.17. The van der Waals surface area contributed by atoms with E-state index in [1.165, 1.54) is 12.5 Å². The van der Waals surface area contributed by atoms with E-state index >= 15 is 0 Å². The summed E-state index contributed by atoms with van der Waals surface area (Å²) < 4.78 is 11.6. The molecule has 5 heteroatoms. The Balaban J connectivity index is 1.95. The first kappa shape index (κ1) is 17.0. The Kier molecular flexibility index (Phi) is 5.29. The molecule has 1 aliphatic rings. The monoisotopic (exact) mass is 308 g/mol. The van der Waals surface area contributed by atoms with Crippen molar-refractivity contribution in [1.82, 2.24) is 10.2 Å². The van der Waals surface area contributed by atoms with Crippen molar-refractivity contribution < 1.29 is 13.9 Å². The lowest BCUT2D eigenvalue weighted by Crippen LogP contribution is -2.46. The molecule has 1 aromatic heterocycles. The molecular formula is C17H28N2O3. The molecule has 2 rings (SSSR count). The molecule has 0 spiro atoms. The second kappa shape index (κ2) is 6.84. The van der Waals surface area contributed by atoms with Gasteiger partial charge in [0.2, 0.25) is 5.91 Å². The number of carbonyl (C=O) groups is 1. The van der Waals surface area contributed by atoms with Crippen LogP contribution in [0, 0.1) is 6.92 Å². The van der Waals surface area contributed by atoms with E-state index in [0.29, 0.717) is 13.2 Å². The van der Waals surface area contributed by atoms with Gasteiger partial charge in [0.05, 0.1) is 12.7 Å². The van der Waals surface area contributed by atoms with E-state index in [1.807, 2.05) is 6.92 Å². The van der Waals surface area contributed by atoms with Gasteiger partial charge in [-0.3, -0.25) is 9.69 Å². The molecule has 1 atom stereocenters. The molecule has 0 aromatic carbocycles. The average Bonchev–Trinajstić information content (AvgIpc) is 2.78. The van der Waals surface area contributed by atoms with Crippen molar-refractivity contribution in [3.8, 4) is 0 Å². The third-order valence-corrected chi connectivity index (χ3v) is 3.96. The van der Waals surface area contributed by atoms with E-state index < -0.39 is 0 Å². The molecule has 2 heterocycles. The highest BCUT2D eigenvalue weighted by Crippen LogP contribution is 2.27. The van der Waals surface area contributed by atoms with Crippen LogP contribution in [0.15, 0.2) is 10.5 Å². The summed E-state index contributed by atoms with van der Waals surface area (Å²) in [6.45, 7) is 13.9. The van der Waals surface area contributed by atoms with Gasteiger partial charge in [0.15, 0.2) is 0 Å². The van der Waals surface area contributed by atoms with Crippen LogP contribution in [0.1, 0.15) is 44.8 Å². The topological polar surface area (TPSA) is 54.7 Å². The molecule has 1 aliphatic heterocycles. The first-order valence-electron chi connectivity index (χ1n) is 7.94. The number of nitrogens with zero attached hydrogens (tertiary/aromatic N) is 1. The van der Waals surface area contributed by atoms with Crippen LogP contribution >= 0.6 is 0 Å². The quantitative estimate of drug-likeness (QED) is 0.926. The summed E-state index contributed by atoms with van der Waals surface area (Å²) in [5.41, 5.74) is 1.27. The van der Waals surface area contributed by atoms with Gasteiger partial charge >= 0.3 is 0 Å². The van der Waals surface area contributed by atoms with Crippen LogP contribution in [0.3, 0.4) is 0 Å². The normalized spacial score (nSPS) is 20.1. The maximum atomic E-state index is 11.0. The third kappa shape index (κ3) is 4.58. The zero-order chi connectivity index (χ0) is 16.3. The highest BCUT2D eigenvalue weighted by molar-refractivity contribution is 5.72. The molecule has 0 saturated carbocycles. The summed E-state index contributed by atoms with van der Waals surface area (Å²) in [5.74, 6) is 2.01. The van der Waals surface area contributed by atoms with E-state index in [2.05, 4.69) is 37.1 Å². The van der Waals surface area contributed by atoms with Gasteiger partial charge in [-0.05, 0) is 13.0 Å². The second-order valence-electron chi connectivity index (χ2n) is 7.11. The van der Waals surface area contributed by atoms with E-state index in [-0.39, 0.29) is 17.4 Å². The van der Waals surface area contributed by atoms with Gasteiger partial charge in [0.1, 0.15) is 11.5 Å². The van der Waals surface area contributed by atoms with Crippen molar-refractivity contribution in [1.29, 1.82) is 0 Å². The first-order valence-corrected chi connectivity index (χ1v) is 7.94. The molecule has 1 N–H and O–H groups in total. The summed E-state index contributed by atoms with van der Waals surface area (Å²) in [5, 5.41) is 2.83. The van der Waals surface area contributed by atoms with Gasteiger partial charge in [-0.2, -0.15) is 0 Å². The van der Waals surface area contributed by atoms with Gasteiger partial charge in [-0.15, -0.1) is 0 Å². The SMILES string of the molecule is CC(=O)NCC1CN(Cc2cc(C(C)(C)C)oc2C)CCO1. The highest BCUT2D eigenvalue weighted by atomic mass is 16.5. The summed E-state index contributed by atoms with van der Waals surface area (Å²) in [4.78, 5) is 13.4. The third-order valence-electron chi connectivity index (χ3n) is 3.96. The number of furan rings is 1. The minimum Gasteiger partial charge on any atom is -0.465 e. The van der Waals surface area contributed by atoms with Crippen molar-refractivity contribution in [2.45, 2.75) is 52.7 Å². The fourth-order valence-electron chi connectivity index (χ4n) is 2.59. The predicted molar refractivity (Wildman–Crippen MR) is 85.8 cm³/mol. The molecule has 0 radical (unpaired) electrons. The minimum absolute atomic E-state index is 0.0128. The molecule has 5 nitrogen and oxygen atoms in total. The Morgan fingerprint density at radius 1 is 1.45 bits per heavy atom. The van der Waals surface area contributed by atoms with Crippen LogP contribution in [0.4, 0.5) is 0 Å². The number of amides is 1. The lowest BCUT2D eigenvalue weighted by Gasteiger charge is -2.32. The van der Waals surface area contributed by atoms with Crippen molar-refractivity contribution in [3.05, 3.63) is 23.2 Å². The van der Waals surface area contributed by atoms with Gasteiger partial charge in [-0.1, -0.05) is 20.8 Å². The largest absolute Gasteiger partial charge is 0.465 e. The number of morpholine rings is 1. The van der Waals surface area contributed by atoms with E-state index in [9.17, 15) is 4.79 Å². The second-order valence-corrected chi connectivity index (χ2v) is 7.11. The molecule has 1 unspecified atom stereocenters. The summed E-state index contributed by atoms with van der Waals surface area (Å²) in [6.07, 6.45) is 0.0620. The molecule has 124 valence electrons. The Morgan fingerprint density at radius 3 is 2.77 bits per heavy atom. The van der Waals surface area contributed by atoms with Crippen molar-refractivity contribution in [2.75, 3.05) is 26.2 Å². The Morgan fingerprint density at radius 2 is 2.18 bits per heavy atom. The Labute approximate surface area is 133 Å². The zero-order valence-corrected chi connectivity index (χ0v) is 14.4. The molecule has 1 amide bonds. The number of carbonyl (C=O) groups excluding carboxylic acids is 1. The average molecular weight is 308 g/mol. The van der Waals surface area contributed by atoms with Crippen LogP contribution in [0.2, 0.25) is 0 Å². The summed E-state index contributed by atoms with van der Waals surface area (Å²) in [7, 11) is 0. The fraction of sp³-hybridized carbons (Fsp3) is 0.706. The Hall–Kier alpha value is -1.33. The van der Waals surface area contributed by atoms with Crippen molar-refractivity contribution in [3.63, 3.8) is 0 Å². The molecule has 0 bridgehead atoms. The van der Waals surface area contributed by atoms with Crippen LogP contribution in [0.5, 0.6) is 0 Å². The predicted octanol–water partition coefficient (Wildman–Crippen LogP) is 2.22.